The molecular formula is C10H9ClN2O. The van der Waals surface area contributed by atoms with Crippen molar-refractivity contribution in [3.63, 3.8) is 0 Å². The molecule has 2 rings (SSSR count). The van der Waals surface area contributed by atoms with Crippen LogP contribution in [0.15, 0.2) is 28.8 Å². The largest absolute Gasteiger partial charge is 0.439 e. The van der Waals surface area contributed by atoms with E-state index in [1.54, 1.807) is 6.20 Å². The highest BCUT2D eigenvalue weighted by Crippen LogP contribution is 2.17. The van der Waals surface area contributed by atoms with E-state index in [-0.39, 0.29) is 0 Å². The lowest BCUT2D eigenvalue weighted by molar-refractivity contribution is 0.535. The molecule has 0 fully saturated rings. The van der Waals surface area contributed by atoms with Gasteiger partial charge in [0, 0.05) is 5.69 Å². The molecular weight excluding hydrogens is 200 g/mol. The van der Waals surface area contributed by atoms with Crippen molar-refractivity contribution in [3.05, 3.63) is 35.9 Å². The summed E-state index contributed by atoms with van der Waals surface area (Å²) in [5.41, 5.74) is 1.68. The first-order valence-corrected chi connectivity index (χ1v) is 4.78. The van der Waals surface area contributed by atoms with Gasteiger partial charge in [0.15, 0.2) is 0 Å². The number of rotatable bonds is 2. The number of aryl methyl sites for hydroxylation is 1. The molecule has 2 heterocycles. The standard InChI is InChI=1S/C10H9ClN2O/c1-7-3-2-4-9(13-7)10-12-6-8(5-11)14-10/h2-4,6H,5H2,1H3. The Morgan fingerprint density at radius 1 is 1.43 bits per heavy atom. The summed E-state index contributed by atoms with van der Waals surface area (Å²) >= 11 is 5.60. The van der Waals surface area contributed by atoms with Crippen molar-refractivity contribution in [2.24, 2.45) is 0 Å². The van der Waals surface area contributed by atoms with Gasteiger partial charge in [-0.3, -0.25) is 0 Å². The number of nitrogens with zero attached hydrogens (tertiary/aromatic N) is 2. The Balaban J connectivity index is 2.39. The molecule has 72 valence electrons. The Kier molecular flexibility index (Phi) is 2.50. The summed E-state index contributed by atoms with van der Waals surface area (Å²) in [5, 5.41) is 0. The number of oxazole rings is 1. The molecule has 0 saturated heterocycles. The summed E-state index contributed by atoms with van der Waals surface area (Å²) in [4.78, 5) is 8.38. The van der Waals surface area contributed by atoms with Crippen molar-refractivity contribution in [2.45, 2.75) is 12.8 Å². The summed E-state index contributed by atoms with van der Waals surface area (Å²) in [6, 6.07) is 5.70. The quantitative estimate of drug-likeness (QED) is 0.713. The van der Waals surface area contributed by atoms with Crippen LogP contribution < -0.4 is 0 Å². The van der Waals surface area contributed by atoms with Crippen molar-refractivity contribution in [1.82, 2.24) is 9.97 Å². The maximum Gasteiger partial charge on any atom is 0.245 e. The van der Waals surface area contributed by atoms with E-state index in [1.807, 2.05) is 25.1 Å². The van der Waals surface area contributed by atoms with Crippen LogP contribution in [0.1, 0.15) is 11.5 Å². The molecule has 0 aliphatic rings. The SMILES string of the molecule is Cc1cccc(-c2ncc(CCl)o2)n1. The van der Waals surface area contributed by atoms with Gasteiger partial charge in [-0.25, -0.2) is 9.97 Å². The van der Waals surface area contributed by atoms with E-state index in [0.717, 1.165) is 11.4 Å². The normalized spacial score (nSPS) is 10.4. The zero-order chi connectivity index (χ0) is 9.97. The van der Waals surface area contributed by atoms with Gasteiger partial charge in [0.2, 0.25) is 5.89 Å². The smallest absolute Gasteiger partial charge is 0.245 e. The summed E-state index contributed by atoms with van der Waals surface area (Å²) in [7, 11) is 0. The zero-order valence-electron chi connectivity index (χ0n) is 7.70. The number of aromatic nitrogens is 2. The van der Waals surface area contributed by atoms with Gasteiger partial charge < -0.3 is 4.42 Å². The topological polar surface area (TPSA) is 38.9 Å². The Bertz CT molecular complexity index is 439. The molecule has 0 N–H and O–H groups in total. The Labute approximate surface area is 86.8 Å². The molecule has 0 aliphatic carbocycles. The lowest BCUT2D eigenvalue weighted by atomic mass is 10.3. The van der Waals surface area contributed by atoms with Crippen LogP contribution in [0, 0.1) is 6.92 Å². The summed E-state index contributed by atoms with van der Waals surface area (Å²) in [5.74, 6) is 1.51. The second-order valence-corrected chi connectivity index (χ2v) is 3.20. The van der Waals surface area contributed by atoms with E-state index in [4.69, 9.17) is 16.0 Å². The Hall–Kier alpha value is -1.35. The fraction of sp³-hybridized carbons (Fsp3) is 0.200. The molecule has 0 spiro atoms. The minimum absolute atomic E-state index is 0.332. The monoisotopic (exact) mass is 208 g/mol. The van der Waals surface area contributed by atoms with Crippen molar-refractivity contribution in [1.29, 1.82) is 0 Å². The van der Waals surface area contributed by atoms with Crippen LogP contribution in [-0.4, -0.2) is 9.97 Å². The fourth-order valence-corrected chi connectivity index (χ4v) is 1.27. The van der Waals surface area contributed by atoms with E-state index in [9.17, 15) is 0 Å². The third kappa shape index (κ3) is 1.77. The first-order chi connectivity index (χ1) is 6.79. The molecule has 0 aromatic carbocycles. The van der Waals surface area contributed by atoms with Crippen molar-refractivity contribution in [3.8, 4) is 11.6 Å². The van der Waals surface area contributed by atoms with Crippen LogP contribution in [0.25, 0.3) is 11.6 Å². The van der Waals surface area contributed by atoms with Gasteiger partial charge in [-0.15, -0.1) is 11.6 Å². The van der Waals surface area contributed by atoms with Crippen LogP contribution >= 0.6 is 11.6 Å². The molecule has 0 radical (unpaired) electrons. The second kappa shape index (κ2) is 3.80. The van der Waals surface area contributed by atoms with Crippen LogP contribution in [0.4, 0.5) is 0 Å². The minimum atomic E-state index is 0.332. The highest BCUT2D eigenvalue weighted by Gasteiger charge is 2.06. The average Bonchev–Trinajstić information content (AvgIpc) is 2.66. The highest BCUT2D eigenvalue weighted by atomic mass is 35.5. The first-order valence-electron chi connectivity index (χ1n) is 4.24. The maximum atomic E-state index is 5.60. The van der Waals surface area contributed by atoms with E-state index in [2.05, 4.69) is 9.97 Å². The Morgan fingerprint density at radius 3 is 2.93 bits per heavy atom. The maximum absolute atomic E-state index is 5.60. The molecule has 0 unspecified atom stereocenters. The lowest BCUT2D eigenvalue weighted by Gasteiger charge is -1.95. The fourth-order valence-electron chi connectivity index (χ4n) is 1.15. The van der Waals surface area contributed by atoms with Crippen LogP contribution in [0.2, 0.25) is 0 Å². The van der Waals surface area contributed by atoms with Gasteiger partial charge in [0.1, 0.15) is 11.5 Å². The second-order valence-electron chi connectivity index (χ2n) is 2.93. The van der Waals surface area contributed by atoms with Crippen molar-refractivity contribution < 1.29 is 4.42 Å². The zero-order valence-corrected chi connectivity index (χ0v) is 8.45. The molecule has 0 aliphatic heterocycles. The van der Waals surface area contributed by atoms with E-state index >= 15 is 0 Å². The molecule has 0 bridgehead atoms. The number of pyridine rings is 1. The third-order valence-corrected chi connectivity index (χ3v) is 2.06. The van der Waals surface area contributed by atoms with E-state index in [0.29, 0.717) is 17.5 Å². The highest BCUT2D eigenvalue weighted by molar-refractivity contribution is 6.16. The molecule has 0 atom stereocenters. The van der Waals surface area contributed by atoms with Gasteiger partial charge in [-0.2, -0.15) is 0 Å². The van der Waals surface area contributed by atoms with Crippen LogP contribution in [0.5, 0.6) is 0 Å². The molecule has 0 amide bonds. The average molecular weight is 209 g/mol. The molecule has 2 aromatic rings. The van der Waals surface area contributed by atoms with Crippen LogP contribution in [0.3, 0.4) is 0 Å². The number of hydrogen-bond donors (Lipinski definition) is 0. The lowest BCUT2D eigenvalue weighted by Crippen LogP contribution is -1.85. The molecule has 4 heteroatoms. The summed E-state index contributed by atoms with van der Waals surface area (Å²) in [6.45, 7) is 1.93. The predicted molar refractivity (Wildman–Crippen MR) is 54.0 cm³/mol. The van der Waals surface area contributed by atoms with Gasteiger partial charge in [-0.1, -0.05) is 6.07 Å². The Morgan fingerprint density at radius 2 is 2.29 bits per heavy atom. The summed E-state index contributed by atoms with van der Waals surface area (Å²) < 4.78 is 5.37. The van der Waals surface area contributed by atoms with Gasteiger partial charge in [-0.05, 0) is 19.1 Å². The number of hydrogen-bond acceptors (Lipinski definition) is 3. The third-order valence-electron chi connectivity index (χ3n) is 1.79. The van der Waals surface area contributed by atoms with Gasteiger partial charge in [0.05, 0.1) is 12.1 Å². The molecule has 2 aromatic heterocycles. The number of halogens is 1. The first kappa shape index (κ1) is 9.21. The number of alkyl halides is 1. The molecule has 0 saturated carbocycles. The van der Waals surface area contributed by atoms with E-state index in [1.165, 1.54) is 0 Å². The summed E-state index contributed by atoms with van der Waals surface area (Å²) in [6.07, 6.45) is 1.62. The minimum Gasteiger partial charge on any atom is -0.439 e. The van der Waals surface area contributed by atoms with Gasteiger partial charge >= 0.3 is 0 Å². The molecule has 14 heavy (non-hydrogen) atoms. The van der Waals surface area contributed by atoms with Crippen LogP contribution in [-0.2, 0) is 5.88 Å². The molecule has 3 nitrogen and oxygen atoms in total. The van der Waals surface area contributed by atoms with E-state index < -0.39 is 0 Å². The van der Waals surface area contributed by atoms with Crippen molar-refractivity contribution in [2.75, 3.05) is 0 Å². The van der Waals surface area contributed by atoms with Gasteiger partial charge in [0.25, 0.3) is 0 Å². The van der Waals surface area contributed by atoms with Crippen molar-refractivity contribution >= 4 is 11.6 Å². The predicted octanol–water partition coefficient (Wildman–Crippen LogP) is 2.78.